The fourth-order valence-electron chi connectivity index (χ4n) is 1.55. The Hall–Kier alpha value is -1.42. The third-order valence-electron chi connectivity index (χ3n) is 2.33. The summed E-state index contributed by atoms with van der Waals surface area (Å²) in [5.41, 5.74) is 1.60. The first kappa shape index (κ1) is 9.15. The third-order valence-corrected chi connectivity index (χ3v) is 2.33. The van der Waals surface area contributed by atoms with E-state index in [2.05, 4.69) is 10.1 Å². The van der Waals surface area contributed by atoms with Crippen LogP contribution in [0.25, 0.3) is 0 Å². The first-order valence-electron chi connectivity index (χ1n) is 4.66. The number of ether oxygens (including phenoxy) is 1. The number of benzene rings is 1. The molecule has 4 nitrogen and oxygen atoms in total. The second-order valence-electron chi connectivity index (χ2n) is 3.21. The number of hydrogen-bond donors (Lipinski definition) is 0. The summed E-state index contributed by atoms with van der Waals surface area (Å²) in [5.74, 6) is 0. The lowest BCUT2D eigenvalue weighted by Crippen LogP contribution is -2.36. The van der Waals surface area contributed by atoms with Gasteiger partial charge in [0, 0.05) is 18.8 Å². The Morgan fingerprint density at radius 2 is 1.79 bits per heavy atom. The summed E-state index contributed by atoms with van der Waals surface area (Å²) in [4.78, 5) is 12.4. The molecule has 0 radical (unpaired) electrons. The number of anilines is 1. The molecule has 1 heterocycles. The summed E-state index contributed by atoms with van der Waals surface area (Å²) < 4.78 is 5.26. The van der Waals surface area contributed by atoms with Gasteiger partial charge in [-0.2, -0.15) is 0 Å². The van der Waals surface area contributed by atoms with Crippen LogP contribution in [0, 0.1) is 4.91 Å². The van der Waals surface area contributed by atoms with E-state index in [1.165, 1.54) is 0 Å². The van der Waals surface area contributed by atoms with Crippen molar-refractivity contribution in [3.63, 3.8) is 0 Å². The van der Waals surface area contributed by atoms with Gasteiger partial charge in [-0.3, -0.25) is 0 Å². The zero-order chi connectivity index (χ0) is 9.80. The highest BCUT2D eigenvalue weighted by Gasteiger charge is 2.10. The third kappa shape index (κ3) is 1.90. The van der Waals surface area contributed by atoms with Gasteiger partial charge in [-0.15, -0.1) is 4.91 Å². The van der Waals surface area contributed by atoms with E-state index in [1.807, 2.05) is 12.1 Å². The molecule has 4 heteroatoms. The smallest absolute Gasteiger partial charge is 0.108 e. The highest BCUT2D eigenvalue weighted by atomic mass is 16.5. The van der Waals surface area contributed by atoms with Crippen LogP contribution in [0.4, 0.5) is 11.4 Å². The van der Waals surface area contributed by atoms with Crippen LogP contribution in [0.1, 0.15) is 0 Å². The first-order valence-corrected chi connectivity index (χ1v) is 4.66. The predicted octanol–water partition coefficient (Wildman–Crippen LogP) is 1.92. The van der Waals surface area contributed by atoms with E-state index in [9.17, 15) is 4.91 Å². The summed E-state index contributed by atoms with van der Waals surface area (Å²) in [6.45, 7) is 3.36. The van der Waals surface area contributed by atoms with Crippen LogP contribution >= 0.6 is 0 Å². The van der Waals surface area contributed by atoms with E-state index in [0.717, 1.165) is 32.0 Å². The lowest BCUT2D eigenvalue weighted by Gasteiger charge is -2.28. The molecule has 0 aliphatic carbocycles. The SMILES string of the molecule is O=Nc1ccc(N2CCOCC2)cc1. The van der Waals surface area contributed by atoms with Crippen LogP contribution in [0.2, 0.25) is 0 Å². The molecule has 0 N–H and O–H groups in total. The average Bonchev–Trinajstić information content (AvgIpc) is 2.30. The molecule has 14 heavy (non-hydrogen) atoms. The molecule has 1 saturated heterocycles. The number of morpholine rings is 1. The monoisotopic (exact) mass is 192 g/mol. The van der Waals surface area contributed by atoms with E-state index in [4.69, 9.17) is 4.74 Å². The van der Waals surface area contributed by atoms with Crippen molar-refractivity contribution in [3.05, 3.63) is 29.2 Å². The molecule has 0 bridgehead atoms. The van der Waals surface area contributed by atoms with Crippen molar-refractivity contribution in [3.8, 4) is 0 Å². The molecule has 0 spiro atoms. The molecule has 0 aromatic heterocycles. The van der Waals surface area contributed by atoms with Crippen LogP contribution in [0.15, 0.2) is 29.4 Å². The Kier molecular flexibility index (Phi) is 2.74. The van der Waals surface area contributed by atoms with Gasteiger partial charge in [0.05, 0.1) is 13.2 Å². The Morgan fingerprint density at radius 1 is 1.14 bits per heavy atom. The topological polar surface area (TPSA) is 41.9 Å². The summed E-state index contributed by atoms with van der Waals surface area (Å²) in [7, 11) is 0. The molecule has 0 unspecified atom stereocenters. The van der Waals surface area contributed by atoms with E-state index < -0.39 is 0 Å². The Morgan fingerprint density at radius 3 is 2.36 bits per heavy atom. The minimum atomic E-state index is 0.474. The van der Waals surface area contributed by atoms with E-state index in [0.29, 0.717) is 5.69 Å². The van der Waals surface area contributed by atoms with Gasteiger partial charge in [-0.1, -0.05) is 0 Å². The zero-order valence-corrected chi connectivity index (χ0v) is 7.85. The van der Waals surface area contributed by atoms with E-state index in [1.54, 1.807) is 12.1 Å². The van der Waals surface area contributed by atoms with Crippen LogP contribution in [-0.2, 0) is 4.74 Å². The molecule has 2 rings (SSSR count). The molecular formula is C10H12N2O2. The molecule has 0 saturated carbocycles. The van der Waals surface area contributed by atoms with Gasteiger partial charge in [0.2, 0.25) is 0 Å². The van der Waals surface area contributed by atoms with Crippen molar-refractivity contribution in [2.45, 2.75) is 0 Å². The van der Waals surface area contributed by atoms with Crippen LogP contribution in [0.3, 0.4) is 0 Å². The average molecular weight is 192 g/mol. The maximum absolute atomic E-state index is 10.2. The molecular weight excluding hydrogens is 180 g/mol. The van der Waals surface area contributed by atoms with Crippen molar-refractivity contribution < 1.29 is 4.74 Å². The van der Waals surface area contributed by atoms with E-state index >= 15 is 0 Å². The minimum absolute atomic E-state index is 0.474. The molecule has 1 fully saturated rings. The summed E-state index contributed by atoms with van der Waals surface area (Å²) in [5, 5.41) is 2.86. The lowest BCUT2D eigenvalue weighted by atomic mass is 10.2. The summed E-state index contributed by atoms with van der Waals surface area (Å²) >= 11 is 0. The highest BCUT2D eigenvalue weighted by molar-refractivity contribution is 5.52. The lowest BCUT2D eigenvalue weighted by molar-refractivity contribution is 0.122. The highest BCUT2D eigenvalue weighted by Crippen LogP contribution is 2.20. The molecule has 1 aliphatic rings. The number of nitrogens with zero attached hydrogens (tertiary/aromatic N) is 2. The number of rotatable bonds is 2. The van der Waals surface area contributed by atoms with Crippen LogP contribution in [0.5, 0.6) is 0 Å². The van der Waals surface area contributed by atoms with Gasteiger partial charge < -0.3 is 9.64 Å². The minimum Gasteiger partial charge on any atom is -0.378 e. The fourth-order valence-corrected chi connectivity index (χ4v) is 1.55. The van der Waals surface area contributed by atoms with Gasteiger partial charge in [0.1, 0.15) is 5.69 Å². The second-order valence-corrected chi connectivity index (χ2v) is 3.21. The van der Waals surface area contributed by atoms with Gasteiger partial charge in [0.25, 0.3) is 0 Å². The molecule has 1 aliphatic heterocycles. The van der Waals surface area contributed by atoms with Gasteiger partial charge >= 0.3 is 0 Å². The van der Waals surface area contributed by atoms with Crippen molar-refractivity contribution >= 4 is 11.4 Å². The Bertz CT molecular complexity index is 304. The predicted molar refractivity (Wildman–Crippen MR) is 54.9 cm³/mol. The maximum Gasteiger partial charge on any atom is 0.108 e. The number of hydrogen-bond acceptors (Lipinski definition) is 4. The summed E-state index contributed by atoms with van der Waals surface area (Å²) in [6.07, 6.45) is 0. The second kappa shape index (κ2) is 4.19. The first-order chi connectivity index (χ1) is 6.90. The van der Waals surface area contributed by atoms with Gasteiger partial charge in [-0.05, 0) is 29.4 Å². The molecule has 0 amide bonds. The van der Waals surface area contributed by atoms with E-state index in [-0.39, 0.29) is 0 Å². The molecule has 0 atom stereocenters. The zero-order valence-electron chi connectivity index (χ0n) is 7.85. The normalized spacial score (nSPS) is 16.7. The summed E-state index contributed by atoms with van der Waals surface area (Å²) in [6, 6.07) is 7.31. The van der Waals surface area contributed by atoms with Crippen molar-refractivity contribution in [2.75, 3.05) is 31.2 Å². The molecule has 1 aromatic carbocycles. The largest absolute Gasteiger partial charge is 0.378 e. The molecule has 1 aromatic rings. The van der Waals surface area contributed by atoms with Crippen LogP contribution < -0.4 is 4.90 Å². The van der Waals surface area contributed by atoms with Crippen molar-refractivity contribution in [2.24, 2.45) is 5.18 Å². The molecule has 74 valence electrons. The van der Waals surface area contributed by atoms with Crippen molar-refractivity contribution in [1.29, 1.82) is 0 Å². The Labute approximate surface area is 82.5 Å². The maximum atomic E-state index is 10.2. The standard InChI is InChI=1S/C10H12N2O2/c13-11-9-1-3-10(4-2-9)12-5-7-14-8-6-12/h1-4H,5-8H2. The number of nitroso groups, excluding NO2 is 1. The quantitative estimate of drug-likeness (QED) is 0.672. The Balaban J connectivity index is 2.11. The van der Waals surface area contributed by atoms with Gasteiger partial charge in [0.15, 0.2) is 0 Å². The fraction of sp³-hybridized carbons (Fsp3) is 0.400. The van der Waals surface area contributed by atoms with Crippen molar-refractivity contribution in [1.82, 2.24) is 0 Å². The van der Waals surface area contributed by atoms with Crippen LogP contribution in [-0.4, -0.2) is 26.3 Å². The van der Waals surface area contributed by atoms with Gasteiger partial charge in [-0.25, -0.2) is 0 Å².